The maximum Gasteiger partial charge on any atom is 4.00 e. The van der Waals surface area contributed by atoms with Crippen molar-refractivity contribution in [1.82, 2.24) is 0 Å². The van der Waals surface area contributed by atoms with E-state index in [0.717, 1.165) is 9.52 Å². The maximum atomic E-state index is 6.94. The van der Waals surface area contributed by atoms with Crippen molar-refractivity contribution in [2.24, 2.45) is 0 Å². The zero-order chi connectivity index (χ0) is 15.1. The van der Waals surface area contributed by atoms with Crippen LogP contribution in [0.2, 0.25) is 13.1 Å². The number of halogens is 2. The Kier molecular flexibility index (Phi) is 20.7. The fraction of sp³-hybridized carbons (Fsp3) is 0.471. The molecule has 2 aromatic rings. The van der Waals surface area contributed by atoms with Gasteiger partial charge in [0, 0.05) is 9.52 Å². The Hall–Kier alpha value is 0.470. The van der Waals surface area contributed by atoms with Crippen LogP contribution in [0.15, 0.2) is 30.3 Å². The molecule has 0 aliphatic rings. The van der Waals surface area contributed by atoms with Gasteiger partial charge in [-0.1, -0.05) is 53.8 Å². The zero-order valence-corrected chi connectivity index (χ0v) is 19.8. The molecule has 2 aromatic carbocycles. The van der Waals surface area contributed by atoms with Gasteiger partial charge in [0.05, 0.1) is 0 Å². The van der Waals surface area contributed by atoms with E-state index in [2.05, 4.69) is 57.3 Å². The van der Waals surface area contributed by atoms with E-state index in [1.54, 1.807) is 0 Å². The Morgan fingerprint density at radius 2 is 1.36 bits per heavy atom. The predicted octanol–water partition coefficient (Wildman–Crippen LogP) is -0.463. The van der Waals surface area contributed by atoms with E-state index >= 15 is 0 Å². The summed E-state index contributed by atoms with van der Waals surface area (Å²) >= 11 is 0. The normalized spacial score (nSPS) is 8.91. The topological polar surface area (TPSA) is 23.8 Å². The summed E-state index contributed by atoms with van der Waals surface area (Å²) in [5.41, 5.74) is 9.50. The summed E-state index contributed by atoms with van der Waals surface area (Å²) in [5.74, 6) is 0. The first-order chi connectivity index (χ1) is 8.70. The molecule has 2 rings (SSSR count). The summed E-state index contributed by atoms with van der Waals surface area (Å²) < 4.78 is 0. The molecule has 22 heavy (non-hydrogen) atoms. The largest absolute Gasteiger partial charge is 4.00 e. The third-order valence-corrected chi connectivity index (χ3v) is 2.33. The Bertz CT molecular complexity index is 487. The number of aryl methyl sites for hydroxylation is 2. The van der Waals surface area contributed by atoms with Crippen molar-refractivity contribution in [3.8, 4) is 0 Å². The van der Waals surface area contributed by atoms with Crippen LogP contribution >= 0.6 is 0 Å². The summed E-state index contributed by atoms with van der Waals surface area (Å²) in [4.78, 5) is 0. The van der Waals surface area contributed by atoms with Crippen LogP contribution in [0.3, 0.4) is 0 Å². The fourth-order valence-electron chi connectivity index (χ4n) is 1.52. The van der Waals surface area contributed by atoms with E-state index in [1.807, 2.05) is 20.8 Å². The summed E-state index contributed by atoms with van der Waals surface area (Å²) in [6, 6.07) is 10.8. The van der Waals surface area contributed by atoms with Crippen LogP contribution in [0.1, 0.15) is 31.9 Å². The molecule has 1 nitrogen and oxygen atoms in total. The Morgan fingerprint density at radius 3 is 1.73 bits per heavy atom. The number of hydrogen-bond acceptors (Lipinski definition) is 0. The molecule has 0 unspecified atom stereocenters. The number of benzene rings is 1. The molecule has 0 aliphatic heterocycles. The number of hydrogen-bond donors (Lipinski definition) is 0. The van der Waals surface area contributed by atoms with Crippen LogP contribution in [-0.4, -0.2) is 15.1 Å². The summed E-state index contributed by atoms with van der Waals surface area (Å²) in [6.07, 6.45) is 0. The molecule has 1 radical (unpaired) electrons. The smallest absolute Gasteiger partial charge is 1.00 e. The molecule has 1 N–H and O–H groups in total. The average Bonchev–Trinajstić information content (AvgIpc) is 2.54. The molecule has 0 aromatic heterocycles. The van der Waals surface area contributed by atoms with Gasteiger partial charge in [-0.2, -0.15) is 5.56 Å². The zero-order valence-electron chi connectivity index (χ0n) is 14.7. The van der Waals surface area contributed by atoms with Crippen molar-refractivity contribution in [2.45, 2.75) is 53.3 Å². The first-order valence-electron chi connectivity index (χ1n) is 6.81. The molecule has 0 aliphatic carbocycles. The third kappa shape index (κ3) is 14.1. The second-order valence-electron chi connectivity index (χ2n) is 5.87. The van der Waals surface area contributed by atoms with Crippen molar-refractivity contribution >= 4 is 20.3 Å². The van der Waals surface area contributed by atoms with Gasteiger partial charge in [-0.3, -0.25) is 0 Å². The van der Waals surface area contributed by atoms with Gasteiger partial charge in [-0.05, 0) is 0 Å². The van der Waals surface area contributed by atoms with E-state index in [-0.39, 0.29) is 56.6 Å². The second kappa shape index (κ2) is 15.0. The molecule has 0 heterocycles. The number of nitrogens with one attached hydrogen (secondary N) is 1. The van der Waals surface area contributed by atoms with E-state index < -0.39 is 0 Å². The third-order valence-electron chi connectivity index (χ3n) is 2.33. The van der Waals surface area contributed by atoms with Gasteiger partial charge in [0.25, 0.3) is 0 Å². The minimum absolute atomic E-state index is 0. The summed E-state index contributed by atoms with van der Waals surface area (Å²) in [7, 11) is 0.750. The van der Waals surface area contributed by atoms with Crippen molar-refractivity contribution in [3.63, 3.8) is 0 Å². The SMILES string of the molecule is CC(C)(C)[NH-].C[SiH]C.Cc1[cH-]c2ccccc2c1C.[Cl-].[Cl-].[Zr+4]. The van der Waals surface area contributed by atoms with Gasteiger partial charge < -0.3 is 30.5 Å². The molecule has 0 fully saturated rings. The van der Waals surface area contributed by atoms with E-state index in [1.165, 1.54) is 21.9 Å². The quantitative estimate of drug-likeness (QED) is 0.394. The van der Waals surface area contributed by atoms with Gasteiger partial charge in [-0.25, -0.2) is 0 Å². The Balaban J connectivity index is -0.000000129. The first-order valence-corrected chi connectivity index (χ1v) is 9.12. The van der Waals surface area contributed by atoms with Crippen LogP contribution < -0.4 is 24.8 Å². The van der Waals surface area contributed by atoms with Gasteiger partial charge in [-0.15, -0.1) is 46.1 Å². The predicted molar refractivity (Wildman–Crippen MR) is 92.0 cm³/mol. The molecule has 0 amide bonds. The van der Waals surface area contributed by atoms with Gasteiger partial charge in [0.15, 0.2) is 0 Å². The van der Waals surface area contributed by atoms with Crippen LogP contribution in [0.5, 0.6) is 0 Å². The van der Waals surface area contributed by atoms with Crippen LogP contribution in [0, 0.1) is 13.8 Å². The van der Waals surface area contributed by atoms with E-state index in [0.29, 0.717) is 0 Å². The van der Waals surface area contributed by atoms with Crippen molar-refractivity contribution in [2.75, 3.05) is 0 Å². The maximum absolute atomic E-state index is 6.94. The minimum atomic E-state index is -0.250. The molecule has 5 heteroatoms. The molecule has 0 bridgehead atoms. The van der Waals surface area contributed by atoms with Crippen LogP contribution in [0.4, 0.5) is 0 Å². The van der Waals surface area contributed by atoms with Crippen molar-refractivity contribution in [1.29, 1.82) is 0 Å². The first kappa shape index (κ1) is 30.4. The van der Waals surface area contributed by atoms with E-state index in [9.17, 15) is 0 Å². The van der Waals surface area contributed by atoms with Crippen molar-refractivity contribution in [3.05, 3.63) is 47.2 Å². The Labute approximate surface area is 171 Å². The molecule has 0 saturated heterocycles. The summed E-state index contributed by atoms with van der Waals surface area (Å²) in [6.45, 7) is 14.3. The fourth-order valence-corrected chi connectivity index (χ4v) is 1.52. The summed E-state index contributed by atoms with van der Waals surface area (Å²) in [5, 5.41) is 2.76. The number of fused-ring (bicyclic) bond motifs is 1. The minimum Gasteiger partial charge on any atom is -1.00 e. The Morgan fingerprint density at radius 1 is 1.00 bits per heavy atom. The number of rotatable bonds is 0. The standard InChI is InChI=1S/C11H11.C4H10N.C2H7Si.2ClH.Zr/c1-8-7-10-5-3-4-6-11(10)9(8)2;1-4(2,3)5;1-3-2;;;/h3-7H,1-2H3;5H,1-3H3;3H,1-2H3;2*1H;/q2*-1;;;;+4/p-2. The molecule has 0 spiro atoms. The average molecular weight is 437 g/mol. The second-order valence-corrected chi connectivity index (χ2v) is 7.02. The van der Waals surface area contributed by atoms with Crippen LogP contribution in [0.25, 0.3) is 16.5 Å². The van der Waals surface area contributed by atoms with Gasteiger partial charge in [0.2, 0.25) is 0 Å². The van der Waals surface area contributed by atoms with Gasteiger partial charge >= 0.3 is 26.2 Å². The molecule has 123 valence electrons. The monoisotopic (exact) mass is 434 g/mol. The van der Waals surface area contributed by atoms with Crippen LogP contribution in [-0.2, 0) is 26.2 Å². The molecule has 0 atom stereocenters. The van der Waals surface area contributed by atoms with E-state index in [4.69, 9.17) is 5.73 Å². The molecular weight excluding hydrogens is 408 g/mol. The van der Waals surface area contributed by atoms with Gasteiger partial charge in [0.1, 0.15) is 0 Å². The molecular formula is C17H28Cl2NSiZr. The molecule has 0 saturated carbocycles. The van der Waals surface area contributed by atoms with Crippen molar-refractivity contribution < 1.29 is 51.0 Å².